The number of aromatic nitrogens is 3. The normalized spacial score (nSPS) is 17.2. The molecule has 2 heterocycles. The van der Waals surface area contributed by atoms with E-state index >= 15 is 0 Å². The second-order valence-corrected chi connectivity index (χ2v) is 5.09. The standard InChI is InChI=1S/C14H17N3O/c1-9-12-11(8-18)7-15-14(12)17-13(16-9)10-5-3-2-4-6-10/h7-8,10H,2-6H2,1H3,(H,15,16,17). The lowest BCUT2D eigenvalue weighted by Gasteiger charge is -2.20. The van der Waals surface area contributed by atoms with E-state index in [9.17, 15) is 4.79 Å². The summed E-state index contributed by atoms with van der Waals surface area (Å²) in [5.41, 5.74) is 2.35. The molecule has 0 aromatic carbocycles. The molecule has 1 N–H and O–H groups in total. The highest BCUT2D eigenvalue weighted by Gasteiger charge is 2.20. The van der Waals surface area contributed by atoms with Crippen molar-refractivity contribution in [1.29, 1.82) is 0 Å². The van der Waals surface area contributed by atoms with Crippen molar-refractivity contribution in [3.8, 4) is 0 Å². The zero-order chi connectivity index (χ0) is 12.5. The maximum Gasteiger partial charge on any atom is 0.152 e. The molecule has 3 rings (SSSR count). The Morgan fingerprint density at radius 1 is 1.28 bits per heavy atom. The third-order valence-corrected chi connectivity index (χ3v) is 3.86. The van der Waals surface area contributed by atoms with Gasteiger partial charge in [0.05, 0.1) is 11.1 Å². The number of rotatable bonds is 2. The number of carbonyl (C=O) groups excluding carboxylic acids is 1. The van der Waals surface area contributed by atoms with E-state index in [4.69, 9.17) is 0 Å². The van der Waals surface area contributed by atoms with E-state index in [1.807, 2.05) is 6.92 Å². The molecule has 0 saturated heterocycles. The van der Waals surface area contributed by atoms with Gasteiger partial charge in [0.25, 0.3) is 0 Å². The molecule has 4 nitrogen and oxygen atoms in total. The fraction of sp³-hybridized carbons (Fsp3) is 0.500. The maximum absolute atomic E-state index is 10.9. The van der Waals surface area contributed by atoms with Crippen molar-refractivity contribution < 1.29 is 4.79 Å². The molecule has 1 fully saturated rings. The maximum atomic E-state index is 10.9. The van der Waals surface area contributed by atoms with Crippen LogP contribution in [-0.2, 0) is 0 Å². The summed E-state index contributed by atoms with van der Waals surface area (Å²) in [6.45, 7) is 1.96. The minimum atomic E-state index is 0.491. The second kappa shape index (κ2) is 4.52. The molecule has 94 valence electrons. The Kier molecular flexibility index (Phi) is 2.86. The average Bonchev–Trinajstić information content (AvgIpc) is 2.83. The zero-order valence-electron chi connectivity index (χ0n) is 10.6. The van der Waals surface area contributed by atoms with E-state index in [1.165, 1.54) is 32.1 Å². The topological polar surface area (TPSA) is 58.6 Å². The number of carbonyl (C=O) groups is 1. The molecular weight excluding hydrogens is 226 g/mol. The number of H-pyrrole nitrogens is 1. The fourth-order valence-electron chi connectivity index (χ4n) is 2.90. The number of fused-ring (bicyclic) bond motifs is 1. The van der Waals surface area contributed by atoms with Gasteiger partial charge in [-0.1, -0.05) is 19.3 Å². The summed E-state index contributed by atoms with van der Waals surface area (Å²) in [6, 6.07) is 0. The molecule has 18 heavy (non-hydrogen) atoms. The number of aryl methyl sites for hydroxylation is 1. The van der Waals surface area contributed by atoms with E-state index < -0.39 is 0 Å². The summed E-state index contributed by atoms with van der Waals surface area (Å²) in [5.74, 6) is 1.43. The Labute approximate surface area is 106 Å². The van der Waals surface area contributed by atoms with Crippen molar-refractivity contribution in [3.05, 3.63) is 23.3 Å². The van der Waals surface area contributed by atoms with Gasteiger partial charge in [0.2, 0.25) is 0 Å². The van der Waals surface area contributed by atoms with Gasteiger partial charge in [-0.25, -0.2) is 9.97 Å². The Balaban J connectivity index is 2.07. The number of nitrogens with zero attached hydrogens (tertiary/aromatic N) is 2. The first-order valence-electron chi connectivity index (χ1n) is 6.60. The predicted molar refractivity (Wildman–Crippen MR) is 69.8 cm³/mol. The highest BCUT2D eigenvalue weighted by atomic mass is 16.1. The SMILES string of the molecule is Cc1nc(C2CCCCC2)nc2[nH]cc(C=O)c12. The molecule has 1 aliphatic rings. The molecule has 0 aliphatic heterocycles. The lowest BCUT2D eigenvalue weighted by molar-refractivity contribution is 0.112. The molecule has 0 radical (unpaired) electrons. The third-order valence-electron chi connectivity index (χ3n) is 3.86. The van der Waals surface area contributed by atoms with E-state index in [-0.39, 0.29) is 0 Å². The van der Waals surface area contributed by atoms with E-state index in [1.54, 1.807) is 6.20 Å². The molecule has 0 unspecified atom stereocenters. The largest absolute Gasteiger partial charge is 0.345 e. The van der Waals surface area contributed by atoms with Gasteiger partial charge in [-0.05, 0) is 19.8 Å². The van der Waals surface area contributed by atoms with Gasteiger partial charge in [0.1, 0.15) is 11.5 Å². The summed E-state index contributed by atoms with van der Waals surface area (Å²) in [7, 11) is 0. The molecule has 0 atom stereocenters. The lowest BCUT2D eigenvalue weighted by Crippen LogP contribution is -2.09. The Morgan fingerprint density at radius 2 is 2.06 bits per heavy atom. The third kappa shape index (κ3) is 1.82. The van der Waals surface area contributed by atoms with Gasteiger partial charge >= 0.3 is 0 Å². The molecule has 1 aliphatic carbocycles. The molecule has 2 aromatic heterocycles. The highest BCUT2D eigenvalue weighted by molar-refractivity contribution is 5.96. The van der Waals surface area contributed by atoms with E-state index in [2.05, 4.69) is 15.0 Å². The summed E-state index contributed by atoms with van der Waals surface area (Å²) in [5, 5.41) is 0.865. The number of aldehydes is 1. The van der Waals surface area contributed by atoms with Crippen LogP contribution in [0.3, 0.4) is 0 Å². The quantitative estimate of drug-likeness (QED) is 0.824. The van der Waals surface area contributed by atoms with Crippen LogP contribution in [0, 0.1) is 6.92 Å². The Bertz CT molecular complexity index is 582. The lowest BCUT2D eigenvalue weighted by atomic mass is 9.88. The summed E-state index contributed by atoms with van der Waals surface area (Å²) in [4.78, 5) is 23.2. The van der Waals surface area contributed by atoms with Crippen molar-refractivity contribution in [3.63, 3.8) is 0 Å². The van der Waals surface area contributed by atoms with Crippen molar-refractivity contribution in [2.75, 3.05) is 0 Å². The van der Waals surface area contributed by atoms with Crippen molar-refractivity contribution >= 4 is 17.3 Å². The van der Waals surface area contributed by atoms with Crippen LogP contribution in [-0.4, -0.2) is 21.2 Å². The van der Waals surface area contributed by atoms with Gasteiger partial charge < -0.3 is 4.98 Å². The average molecular weight is 243 g/mol. The predicted octanol–water partition coefficient (Wildman–Crippen LogP) is 3.13. The van der Waals surface area contributed by atoms with Gasteiger partial charge in [-0.15, -0.1) is 0 Å². The van der Waals surface area contributed by atoms with Crippen LogP contribution >= 0.6 is 0 Å². The van der Waals surface area contributed by atoms with Gasteiger partial charge in [-0.3, -0.25) is 4.79 Å². The Hall–Kier alpha value is -1.71. The van der Waals surface area contributed by atoms with Crippen LogP contribution in [0.25, 0.3) is 11.0 Å². The number of aromatic amines is 1. The molecule has 0 amide bonds. The summed E-state index contributed by atoms with van der Waals surface area (Å²) in [6.07, 6.45) is 8.82. The monoisotopic (exact) mass is 243 g/mol. The van der Waals surface area contributed by atoms with Crippen LogP contribution in [0.1, 0.15) is 59.9 Å². The van der Waals surface area contributed by atoms with Gasteiger partial charge in [0, 0.05) is 17.7 Å². The van der Waals surface area contributed by atoms with Crippen LogP contribution in [0.15, 0.2) is 6.20 Å². The van der Waals surface area contributed by atoms with Gasteiger partial charge in [-0.2, -0.15) is 0 Å². The van der Waals surface area contributed by atoms with Crippen LogP contribution < -0.4 is 0 Å². The number of hydrogen-bond donors (Lipinski definition) is 1. The van der Waals surface area contributed by atoms with Crippen LogP contribution in [0.2, 0.25) is 0 Å². The smallest absolute Gasteiger partial charge is 0.152 e. The number of nitrogens with one attached hydrogen (secondary N) is 1. The zero-order valence-corrected chi connectivity index (χ0v) is 10.6. The molecular formula is C14H17N3O. The van der Waals surface area contributed by atoms with Crippen molar-refractivity contribution in [2.45, 2.75) is 44.9 Å². The highest BCUT2D eigenvalue weighted by Crippen LogP contribution is 2.32. The first-order valence-corrected chi connectivity index (χ1v) is 6.60. The molecule has 0 spiro atoms. The second-order valence-electron chi connectivity index (χ2n) is 5.09. The molecule has 2 aromatic rings. The minimum absolute atomic E-state index is 0.491. The summed E-state index contributed by atoms with van der Waals surface area (Å²) < 4.78 is 0. The first kappa shape index (κ1) is 11.4. The van der Waals surface area contributed by atoms with E-state index in [0.717, 1.165) is 28.8 Å². The summed E-state index contributed by atoms with van der Waals surface area (Å²) >= 11 is 0. The fourth-order valence-corrected chi connectivity index (χ4v) is 2.90. The van der Waals surface area contributed by atoms with E-state index in [0.29, 0.717) is 11.5 Å². The van der Waals surface area contributed by atoms with Crippen LogP contribution in [0.4, 0.5) is 0 Å². The van der Waals surface area contributed by atoms with Crippen molar-refractivity contribution in [2.24, 2.45) is 0 Å². The van der Waals surface area contributed by atoms with Crippen molar-refractivity contribution in [1.82, 2.24) is 15.0 Å². The minimum Gasteiger partial charge on any atom is -0.345 e. The molecule has 1 saturated carbocycles. The Morgan fingerprint density at radius 3 is 2.78 bits per heavy atom. The first-order chi connectivity index (χ1) is 8.79. The molecule has 0 bridgehead atoms. The number of hydrogen-bond acceptors (Lipinski definition) is 3. The van der Waals surface area contributed by atoms with Crippen LogP contribution in [0.5, 0.6) is 0 Å². The molecule has 4 heteroatoms. The van der Waals surface area contributed by atoms with Gasteiger partial charge in [0.15, 0.2) is 6.29 Å².